The van der Waals surface area contributed by atoms with Gasteiger partial charge in [-0.1, -0.05) is 18.2 Å². The highest BCUT2D eigenvalue weighted by Gasteiger charge is 2.11. The molecular weight excluding hydrogens is 345 g/mol. The second kappa shape index (κ2) is 9.85. The van der Waals surface area contributed by atoms with Gasteiger partial charge in [-0.25, -0.2) is 9.37 Å². The van der Waals surface area contributed by atoms with E-state index in [9.17, 15) is 14.0 Å². The molecular formula is C17H20FN3O3S. The summed E-state index contributed by atoms with van der Waals surface area (Å²) in [6, 6.07) is 6.46. The molecule has 0 atom stereocenters. The summed E-state index contributed by atoms with van der Waals surface area (Å²) in [5.41, 5.74) is 0.839. The minimum absolute atomic E-state index is 0.00522. The monoisotopic (exact) mass is 365 g/mol. The Morgan fingerprint density at radius 3 is 2.84 bits per heavy atom. The summed E-state index contributed by atoms with van der Waals surface area (Å²) in [5, 5.41) is 7.64. The molecule has 1 aromatic carbocycles. The topological polar surface area (TPSA) is 80.3 Å². The Morgan fingerprint density at radius 1 is 1.28 bits per heavy atom. The van der Waals surface area contributed by atoms with Crippen LogP contribution in [-0.2, 0) is 22.5 Å². The van der Waals surface area contributed by atoms with Gasteiger partial charge in [0.1, 0.15) is 23.1 Å². The van der Waals surface area contributed by atoms with Crippen LogP contribution in [0.4, 0.5) is 4.39 Å². The molecule has 0 spiro atoms. The quantitative estimate of drug-likeness (QED) is 0.711. The summed E-state index contributed by atoms with van der Waals surface area (Å²) >= 11 is 1.29. The predicted molar refractivity (Wildman–Crippen MR) is 92.9 cm³/mol. The van der Waals surface area contributed by atoms with E-state index < -0.39 is 0 Å². The Hall–Kier alpha value is -2.32. The molecule has 6 nitrogen and oxygen atoms in total. The maximum atomic E-state index is 13.5. The van der Waals surface area contributed by atoms with Gasteiger partial charge >= 0.3 is 0 Å². The summed E-state index contributed by atoms with van der Waals surface area (Å²) in [7, 11) is 0. The minimum Gasteiger partial charge on any atom is -0.372 e. The number of hydrogen-bond acceptors (Lipinski definition) is 5. The molecule has 2 N–H and O–H groups in total. The molecule has 0 bridgehead atoms. The number of nitrogens with one attached hydrogen (secondary N) is 2. The van der Waals surface area contributed by atoms with E-state index in [0.717, 1.165) is 0 Å². The van der Waals surface area contributed by atoms with Crippen LogP contribution in [0.1, 0.15) is 28.0 Å². The first-order valence-corrected chi connectivity index (χ1v) is 8.78. The van der Waals surface area contributed by atoms with Crippen molar-refractivity contribution in [1.82, 2.24) is 15.6 Å². The summed E-state index contributed by atoms with van der Waals surface area (Å²) in [4.78, 5) is 27.7. The van der Waals surface area contributed by atoms with Crippen LogP contribution in [0.3, 0.4) is 0 Å². The van der Waals surface area contributed by atoms with Gasteiger partial charge in [0.15, 0.2) is 0 Å². The van der Waals surface area contributed by atoms with Crippen molar-refractivity contribution in [3.05, 3.63) is 51.7 Å². The van der Waals surface area contributed by atoms with E-state index in [1.54, 1.807) is 23.6 Å². The van der Waals surface area contributed by atoms with Crippen molar-refractivity contribution in [2.45, 2.75) is 19.9 Å². The molecule has 0 aliphatic carbocycles. The highest BCUT2D eigenvalue weighted by atomic mass is 32.1. The molecule has 2 amide bonds. The number of carbonyl (C=O) groups is 2. The second-order valence-electron chi connectivity index (χ2n) is 5.14. The zero-order chi connectivity index (χ0) is 18.1. The Kier molecular flexibility index (Phi) is 7.49. The van der Waals surface area contributed by atoms with Crippen molar-refractivity contribution in [2.24, 2.45) is 0 Å². The van der Waals surface area contributed by atoms with Gasteiger partial charge in [-0.2, -0.15) is 0 Å². The van der Waals surface area contributed by atoms with Crippen molar-refractivity contribution >= 4 is 23.2 Å². The van der Waals surface area contributed by atoms with Crippen molar-refractivity contribution in [3.63, 3.8) is 0 Å². The standard InChI is InChI=1S/C17H20FN3O3S/c1-2-24-10-15(22)20-9-16-21-14(11-25-16)17(23)19-8-7-12-5-3-4-6-13(12)18/h3-6,11H,2,7-10H2,1H3,(H,19,23)(H,20,22). The summed E-state index contributed by atoms with van der Waals surface area (Å²) in [5.74, 6) is -0.831. The van der Waals surface area contributed by atoms with Gasteiger partial charge in [0.25, 0.3) is 5.91 Å². The SMILES string of the molecule is CCOCC(=O)NCc1nc(C(=O)NCCc2ccccc2F)cs1. The smallest absolute Gasteiger partial charge is 0.270 e. The number of rotatable bonds is 9. The summed E-state index contributed by atoms with van der Waals surface area (Å²) in [6.07, 6.45) is 0.406. The molecule has 2 aromatic rings. The molecule has 0 radical (unpaired) electrons. The molecule has 134 valence electrons. The lowest BCUT2D eigenvalue weighted by molar-refractivity contribution is -0.125. The van der Waals surface area contributed by atoms with Gasteiger partial charge in [0.05, 0.1) is 6.54 Å². The van der Waals surface area contributed by atoms with E-state index >= 15 is 0 Å². The van der Waals surface area contributed by atoms with Crippen LogP contribution in [0.15, 0.2) is 29.6 Å². The molecule has 1 aromatic heterocycles. The lowest BCUT2D eigenvalue weighted by atomic mass is 10.1. The fourth-order valence-electron chi connectivity index (χ4n) is 2.02. The van der Waals surface area contributed by atoms with Crippen LogP contribution < -0.4 is 10.6 Å². The number of thiazole rings is 1. The van der Waals surface area contributed by atoms with Gasteiger partial charge < -0.3 is 15.4 Å². The second-order valence-corrected chi connectivity index (χ2v) is 6.08. The number of carbonyl (C=O) groups excluding carboxylic acids is 2. The van der Waals surface area contributed by atoms with Crippen molar-refractivity contribution in [2.75, 3.05) is 19.8 Å². The highest BCUT2D eigenvalue weighted by Crippen LogP contribution is 2.10. The van der Waals surface area contributed by atoms with Gasteiger partial charge in [-0.15, -0.1) is 11.3 Å². The average Bonchev–Trinajstić information content (AvgIpc) is 3.09. The van der Waals surface area contributed by atoms with Gasteiger partial charge in [-0.3, -0.25) is 9.59 Å². The first kappa shape index (κ1) is 19.0. The zero-order valence-electron chi connectivity index (χ0n) is 13.9. The number of aromatic nitrogens is 1. The Balaban J connectivity index is 1.76. The molecule has 8 heteroatoms. The fraction of sp³-hybridized carbons (Fsp3) is 0.353. The number of benzene rings is 1. The number of amides is 2. The molecule has 0 saturated carbocycles. The Labute approximate surface area is 149 Å². The third-order valence-corrected chi connectivity index (χ3v) is 4.14. The highest BCUT2D eigenvalue weighted by molar-refractivity contribution is 7.09. The number of ether oxygens (including phenoxy) is 1. The Morgan fingerprint density at radius 2 is 2.08 bits per heavy atom. The van der Waals surface area contributed by atoms with Crippen LogP contribution in [0.2, 0.25) is 0 Å². The van der Waals surface area contributed by atoms with Crippen molar-refractivity contribution in [3.8, 4) is 0 Å². The fourth-order valence-corrected chi connectivity index (χ4v) is 2.73. The zero-order valence-corrected chi connectivity index (χ0v) is 14.7. The van der Waals surface area contributed by atoms with Crippen LogP contribution >= 0.6 is 11.3 Å². The summed E-state index contributed by atoms with van der Waals surface area (Å²) < 4.78 is 18.5. The molecule has 0 saturated heterocycles. The lowest BCUT2D eigenvalue weighted by Crippen LogP contribution is -2.28. The molecule has 25 heavy (non-hydrogen) atoms. The van der Waals surface area contributed by atoms with E-state index in [-0.39, 0.29) is 36.5 Å². The number of hydrogen-bond donors (Lipinski definition) is 2. The van der Waals surface area contributed by atoms with E-state index in [1.807, 2.05) is 6.92 Å². The summed E-state index contributed by atoms with van der Waals surface area (Å²) in [6.45, 7) is 2.86. The van der Waals surface area contributed by atoms with Crippen LogP contribution in [0, 0.1) is 5.82 Å². The first-order chi connectivity index (χ1) is 12.1. The molecule has 1 heterocycles. The average molecular weight is 365 g/mol. The first-order valence-electron chi connectivity index (χ1n) is 7.90. The lowest BCUT2D eigenvalue weighted by Gasteiger charge is -2.04. The van der Waals surface area contributed by atoms with Gasteiger partial charge in [0.2, 0.25) is 5.91 Å². The van der Waals surface area contributed by atoms with Gasteiger partial charge in [0, 0.05) is 18.5 Å². The maximum absolute atomic E-state index is 13.5. The van der Waals surface area contributed by atoms with Crippen LogP contribution in [-0.4, -0.2) is 36.6 Å². The van der Waals surface area contributed by atoms with E-state index in [1.165, 1.54) is 17.4 Å². The largest absolute Gasteiger partial charge is 0.372 e. The molecule has 2 rings (SSSR count). The third kappa shape index (κ3) is 6.24. The number of halogens is 1. The Bertz CT molecular complexity index is 721. The van der Waals surface area contributed by atoms with Gasteiger partial charge in [-0.05, 0) is 25.0 Å². The molecule has 0 fully saturated rings. The van der Waals surface area contributed by atoms with E-state index in [4.69, 9.17) is 4.74 Å². The predicted octanol–water partition coefficient (Wildman–Crippen LogP) is 1.91. The molecule has 0 unspecified atom stereocenters. The molecule has 0 aliphatic heterocycles. The van der Waals surface area contributed by atoms with E-state index in [0.29, 0.717) is 30.1 Å². The maximum Gasteiger partial charge on any atom is 0.270 e. The normalized spacial score (nSPS) is 10.5. The number of nitrogens with zero attached hydrogens (tertiary/aromatic N) is 1. The van der Waals surface area contributed by atoms with Crippen LogP contribution in [0.5, 0.6) is 0 Å². The van der Waals surface area contributed by atoms with Crippen molar-refractivity contribution < 1.29 is 18.7 Å². The third-order valence-electron chi connectivity index (χ3n) is 3.30. The minimum atomic E-state index is -0.320. The van der Waals surface area contributed by atoms with E-state index in [2.05, 4.69) is 15.6 Å². The molecule has 0 aliphatic rings. The van der Waals surface area contributed by atoms with Crippen LogP contribution in [0.25, 0.3) is 0 Å². The van der Waals surface area contributed by atoms with Crippen molar-refractivity contribution in [1.29, 1.82) is 0 Å².